The average molecular weight is 208 g/mol. The van der Waals surface area contributed by atoms with E-state index in [0.717, 1.165) is 5.92 Å². The van der Waals surface area contributed by atoms with Crippen LogP contribution in [0.25, 0.3) is 0 Å². The Labute approximate surface area is 91.6 Å². The fourth-order valence-corrected chi connectivity index (χ4v) is 3.76. The molecule has 0 amide bonds. The normalized spacial score (nSPS) is 48.7. The van der Waals surface area contributed by atoms with E-state index in [2.05, 4.69) is 13.0 Å². The first-order chi connectivity index (χ1) is 7.29. The van der Waals surface area contributed by atoms with E-state index in [-0.39, 0.29) is 6.29 Å². The molecule has 2 heteroatoms. The molecule has 0 spiro atoms. The van der Waals surface area contributed by atoms with E-state index in [0.29, 0.717) is 17.9 Å². The third-order valence-electron chi connectivity index (χ3n) is 4.31. The predicted octanol–water partition coefficient (Wildman–Crippen LogP) is 2.74. The highest BCUT2D eigenvalue weighted by molar-refractivity contribution is 5.19. The van der Waals surface area contributed by atoms with E-state index in [1.807, 2.05) is 0 Å². The highest BCUT2D eigenvalue weighted by Crippen LogP contribution is 2.50. The van der Waals surface area contributed by atoms with Crippen molar-refractivity contribution in [1.29, 1.82) is 0 Å². The van der Waals surface area contributed by atoms with Crippen LogP contribution in [-0.2, 0) is 9.47 Å². The zero-order valence-electron chi connectivity index (χ0n) is 9.61. The summed E-state index contributed by atoms with van der Waals surface area (Å²) in [5.41, 5.74) is 1.66. The van der Waals surface area contributed by atoms with Crippen LogP contribution in [0.5, 0.6) is 0 Å². The van der Waals surface area contributed by atoms with Gasteiger partial charge >= 0.3 is 0 Å². The van der Waals surface area contributed by atoms with Crippen molar-refractivity contribution in [3.8, 4) is 0 Å². The molecule has 1 aliphatic heterocycles. The Morgan fingerprint density at radius 1 is 1.47 bits per heavy atom. The van der Waals surface area contributed by atoms with Gasteiger partial charge in [0.25, 0.3) is 0 Å². The Balaban J connectivity index is 1.90. The minimum absolute atomic E-state index is 0.0639. The second kappa shape index (κ2) is 3.60. The largest absolute Gasteiger partial charge is 0.356 e. The fourth-order valence-electron chi connectivity index (χ4n) is 3.76. The first-order valence-electron chi connectivity index (χ1n) is 6.16. The van der Waals surface area contributed by atoms with Gasteiger partial charge in [-0.1, -0.05) is 18.6 Å². The molecule has 1 saturated carbocycles. The van der Waals surface area contributed by atoms with E-state index < -0.39 is 0 Å². The number of hydrogen-bond donors (Lipinski definition) is 0. The van der Waals surface area contributed by atoms with Crippen molar-refractivity contribution in [1.82, 2.24) is 0 Å². The molecular formula is C13H20O2. The standard InChI is InChI=1S/C13H20O2/c1-8-6-9-4-3-5-10-12(9)11(7-8)15-13(10)14-2/h4,8,10-13H,3,5-7H2,1-2H3/t8-,10+,11-,12+,13?/m0/s1. The van der Waals surface area contributed by atoms with Crippen molar-refractivity contribution in [3.63, 3.8) is 0 Å². The van der Waals surface area contributed by atoms with E-state index in [9.17, 15) is 0 Å². The quantitative estimate of drug-likeness (QED) is 0.617. The molecule has 0 aromatic heterocycles. The Morgan fingerprint density at radius 2 is 2.33 bits per heavy atom. The van der Waals surface area contributed by atoms with Gasteiger partial charge in [0, 0.05) is 18.9 Å². The van der Waals surface area contributed by atoms with E-state index in [1.54, 1.807) is 12.7 Å². The zero-order valence-corrected chi connectivity index (χ0v) is 9.61. The van der Waals surface area contributed by atoms with Gasteiger partial charge in [0.15, 0.2) is 6.29 Å². The van der Waals surface area contributed by atoms with Crippen LogP contribution < -0.4 is 0 Å². The molecule has 0 bridgehead atoms. The maximum atomic E-state index is 6.04. The van der Waals surface area contributed by atoms with Crippen LogP contribution in [0.2, 0.25) is 0 Å². The van der Waals surface area contributed by atoms with Crippen molar-refractivity contribution >= 4 is 0 Å². The lowest BCUT2D eigenvalue weighted by molar-refractivity contribution is -0.135. The Hall–Kier alpha value is -0.340. The highest BCUT2D eigenvalue weighted by atomic mass is 16.7. The number of rotatable bonds is 1. The summed E-state index contributed by atoms with van der Waals surface area (Å²) in [6, 6.07) is 0. The summed E-state index contributed by atoms with van der Waals surface area (Å²) in [5.74, 6) is 2.10. The third-order valence-corrected chi connectivity index (χ3v) is 4.31. The summed E-state index contributed by atoms with van der Waals surface area (Å²) in [6.07, 6.45) is 7.95. The molecule has 5 atom stereocenters. The Morgan fingerprint density at radius 3 is 3.13 bits per heavy atom. The van der Waals surface area contributed by atoms with Gasteiger partial charge in [0.05, 0.1) is 6.10 Å². The maximum Gasteiger partial charge on any atom is 0.161 e. The monoisotopic (exact) mass is 208 g/mol. The molecule has 2 fully saturated rings. The van der Waals surface area contributed by atoms with Crippen molar-refractivity contribution in [2.24, 2.45) is 17.8 Å². The van der Waals surface area contributed by atoms with E-state index in [4.69, 9.17) is 9.47 Å². The van der Waals surface area contributed by atoms with Gasteiger partial charge in [0.2, 0.25) is 0 Å². The van der Waals surface area contributed by atoms with Crippen molar-refractivity contribution in [2.75, 3.05) is 7.11 Å². The number of methoxy groups -OCH3 is 1. The van der Waals surface area contributed by atoms with Crippen LogP contribution in [0.15, 0.2) is 11.6 Å². The molecule has 84 valence electrons. The van der Waals surface area contributed by atoms with Crippen LogP contribution in [-0.4, -0.2) is 19.5 Å². The van der Waals surface area contributed by atoms with Gasteiger partial charge in [-0.2, -0.15) is 0 Å². The Bertz CT molecular complexity index is 284. The summed E-state index contributed by atoms with van der Waals surface area (Å²) in [7, 11) is 1.78. The molecule has 0 aromatic rings. The lowest BCUT2D eigenvalue weighted by atomic mass is 9.68. The van der Waals surface area contributed by atoms with Crippen molar-refractivity contribution in [3.05, 3.63) is 11.6 Å². The Kier molecular flexibility index (Phi) is 2.37. The molecule has 2 nitrogen and oxygen atoms in total. The predicted molar refractivity (Wildman–Crippen MR) is 58.4 cm³/mol. The van der Waals surface area contributed by atoms with Gasteiger partial charge in [-0.15, -0.1) is 0 Å². The number of ether oxygens (including phenoxy) is 2. The second-order valence-electron chi connectivity index (χ2n) is 5.37. The summed E-state index contributed by atoms with van der Waals surface area (Å²) in [5, 5.41) is 0. The average Bonchev–Trinajstić information content (AvgIpc) is 2.58. The van der Waals surface area contributed by atoms with Gasteiger partial charge in [-0.3, -0.25) is 0 Å². The van der Waals surface area contributed by atoms with Crippen LogP contribution >= 0.6 is 0 Å². The van der Waals surface area contributed by atoms with E-state index >= 15 is 0 Å². The lowest BCUT2D eigenvalue weighted by Crippen LogP contribution is -2.32. The van der Waals surface area contributed by atoms with Crippen molar-refractivity contribution < 1.29 is 9.47 Å². The number of allylic oxidation sites excluding steroid dienone is 1. The molecule has 3 aliphatic rings. The summed E-state index contributed by atoms with van der Waals surface area (Å²) in [4.78, 5) is 0. The fraction of sp³-hybridized carbons (Fsp3) is 0.846. The third kappa shape index (κ3) is 1.46. The minimum atomic E-state index is 0.0639. The maximum absolute atomic E-state index is 6.04. The molecule has 0 radical (unpaired) electrons. The smallest absolute Gasteiger partial charge is 0.161 e. The molecule has 1 unspecified atom stereocenters. The topological polar surface area (TPSA) is 18.5 Å². The molecule has 2 aliphatic carbocycles. The molecule has 3 rings (SSSR count). The molecular weight excluding hydrogens is 188 g/mol. The minimum Gasteiger partial charge on any atom is -0.356 e. The second-order valence-corrected chi connectivity index (χ2v) is 5.37. The van der Waals surface area contributed by atoms with Gasteiger partial charge in [-0.25, -0.2) is 0 Å². The summed E-state index contributed by atoms with van der Waals surface area (Å²) < 4.78 is 11.5. The van der Waals surface area contributed by atoms with Gasteiger partial charge in [0.1, 0.15) is 0 Å². The van der Waals surface area contributed by atoms with Crippen LogP contribution in [0, 0.1) is 17.8 Å². The first kappa shape index (κ1) is 9.86. The highest BCUT2D eigenvalue weighted by Gasteiger charge is 2.49. The van der Waals surface area contributed by atoms with Gasteiger partial charge in [-0.05, 0) is 31.6 Å². The summed E-state index contributed by atoms with van der Waals surface area (Å²) in [6.45, 7) is 2.34. The molecule has 0 aromatic carbocycles. The zero-order chi connectivity index (χ0) is 10.4. The molecule has 0 N–H and O–H groups in total. The number of hydrogen-bond acceptors (Lipinski definition) is 2. The van der Waals surface area contributed by atoms with Crippen LogP contribution in [0.3, 0.4) is 0 Å². The molecule has 15 heavy (non-hydrogen) atoms. The molecule has 1 heterocycles. The lowest BCUT2D eigenvalue weighted by Gasteiger charge is -2.36. The van der Waals surface area contributed by atoms with Crippen molar-refractivity contribution in [2.45, 2.75) is 45.0 Å². The first-order valence-corrected chi connectivity index (χ1v) is 6.16. The van der Waals surface area contributed by atoms with Gasteiger partial charge < -0.3 is 9.47 Å². The van der Waals surface area contributed by atoms with E-state index in [1.165, 1.54) is 25.7 Å². The summed E-state index contributed by atoms with van der Waals surface area (Å²) >= 11 is 0. The van der Waals surface area contributed by atoms with Crippen LogP contribution in [0.4, 0.5) is 0 Å². The molecule has 1 saturated heterocycles. The SMILES string of the molecule is COC1O[C@H]2C[C@@H](C)CC3=CCC[C@@H]1[C@@H]32. The van der Waals surface area contributed by atoms with Crippen LogP contribution in [0.1, 0.15) is 32.6 Å².